The predicted octanol–water partition coefficient (Wildman–Crippen LogP) is 1.89. The van der Waals surface area contributed by atoms with Crippen LogP contribution in [0.5, 0.6) is 0 Å². The average Bonchev–Trinajstić information content (AvgIpc) is 3.08. The zero-order valence-electron chi connectivity index (χ0n) is 12.2. The molecule has 4 heteroatoms. The molecule has 2 heterocycles. The minimum Gasteiger partial charge on any atom is -0.373 e. The summed E-state index contributed by atoms with van der Waals surface area (Å²) in [6.45, 7) is 5.74. The fourth-order valence-corrected chi connectivity index (χ4v) is 3.97. The van der Waals surface area contributed by atoms with Crippen molar-refractivity contribution in [2.75, 3.05) is 13.2 Å². The van der Waals surface area contributed by atoms with E-state index in [1.165, 1.54) is 25.7 Å². The van der Waals surface area contributed by atoms with Gasteiger partial charge in [0.05, 0.1) is 24.4 Å². The molecule has 2 saturated heterocycles. The Morgan fingerprint density at radius 1 is 1.37 bits per heavy atom. The van der Waals surface area contributed by atoms with E-state index >= 15 is 0 Å². The first-order chi connectivity index (χ1) is 9.09. The van der Waals surface area contributed by atoms with E-state index in [1.807, 2.05) is 6.92 Å². The summed E-state index contributed by atoms with van der Waals surface area (Å²) in [7, 11) is 0. The average molecular weight is 266 g/mol. The summed E-state index contributed by atoms with van der Waals surface area (Å²) >= 11 is 0. The van der Waals surface area contributed by atoms with E-state index in [-0.39, 0.29) is 23.7 Å². The molecule has 0 aromatic heterocycles. The third-order valence-electron chi connectivity index (χ3n) is 5.06. The van der Waals surface area contributed by atoms with Gasteiger partial charge in [0, 0.05) is 6.61 Å². The minimum atomic E-state index is -0.127. The summed E-state index contributed by atoms with van der Waals surface area (Å²) in [5.74, 6) is 0.896. The van der Waals surface area contributed by atoms with Crippen LogP contribution in [-0.4, -0.2) is 41.8 Å². The fraction of sp³-hybridized carbons (Fsp3) is 0.933. The lowest BCUT2D eigenvalue weighted by Gasteiger charge is -2.35. The molecular formula is C15H26N2O2. The molecule has 0 aromatic rings. The normalized spacial score (nSPS) is 40.5. The van der Waals surface area contributed by atoms with Crippen LogP contribution in [0.15, 0.2) is 0 Å². The van der Waals surface area contributed by atoms with Crippen LogP contribution in [-0.2, 0) is 9.53 Å². The van der Waals surface area contributed by atoms with Crippen molar-refractivity contribution >= 4 is 5.91 Å². The first-order valence-electron chi connectivity index (χ1n) is 7.80. The van der Waals surface area contributed by atoms with Crippen LogP contribution in [0.4, 0.5) is 0 Å². The lowest BCUT2D eigenvalue weighted by atomic mass is 9.99. The maximum Gasteiger partial charge on any atom is 0.240 e. The van der Waals surface area contributed by atoms with Gasteiger partial charge in [0.1, 0.15) is 0 Å². The van der Waals surface area contributed by atoms with Gasteiger partial charge >= 0.3 is 0 Å². The standard InChI is InChI=1S/C15H26N2O2/c1-11-14(18)17(10-15(2)8-5-9-19-15)13(16-11)12-6-3-4-7-12/h11-13,16H,3-10H2,1-2H3. The summed E-state index contributed by atoms with van der Waals surface area (Å²) < 4.78 is 5.88. The Hall–Kier alpha value is -0.610. The number of hydrogen-bond donors (Lipinski definition) is 1. The number of carbonyl (C=O) groups excluding carboxylic acids is 1. The van der Waals surface area contributed by atoms with E-state index in [4.69, 9.17) is 4.74 Å². The summed E-state index contributed by atoms with van der Waals surface area (Å²) in [6.07, 6.45) is 7.57. The van der Waals surface area contributed by atoms with Gasteiger partial charge in [0.25, 0.3) is 0 Å². The summed E-state index contributed by atoms with van der Waals surface area (Å²) in [6, 6.07) is -0.0318. The van der Waals surface area contributed by atoms with Crippen molar-refractivity contribution in [1.29, 1.82) is 0 Å². The first-order valence-corrected chi connectivity index (χ1v) is 7.80. The molecule has 1 N–H and O–H groups in total. The van der Waals surface area contributed by atoms with Crippen LogP contribution >= 0.6 is 0 Å². The first kappa shape index (κ1) is 13.4. The molecular weight excluding hydrogens is 240 g/mol. The van der Waals surface area contributed by atoms with Crippen LogP contribution in [0.1, 0.15) is 52.4 Å². The van der Waals surface area contributed by atoms with Gasteiger partial charge in [0.2, 0.25) is 5.91 Å². The quantitative estimate of drug-likeness (QED) is 0.848. The highest BCUT2D eigenvalue weighted by Crippen LogP contribution is 2.34. The maximum atomic E-state index is 12.4. The van der Waals surface area contributed by atoms with Crippen molar-refractivity contribution in [3.05, 3.63) is 0 Å². The van der Waals surface area contributed by atoms with Gasteiger partial charge in [-0.25, -0.2) is 0 Å². The molecule has 108 valence electrons. The molecule has 1 saturated carbocycles. The van der Waals surface area contributed by atoms with E-state index in [0.717, 1.165) is 26.0 Å². The number of nitrogens with one attached hydrogen (secondary N) is 1. The molecule has 4 nitrogen and oxygen atoms in total. The van der Waals surface area contributed by atoms with Crippen molar-refractivity contribution in [3.8, 4) is 0 Å². The van der Waals surface area contributed by atoms with Gasteiger partial charge in [-0.2, -0.15) is 0 Å². The zero-order chi connectivity index (χ0) is 13.5. The second-order valence-corrected chi connectivity index (χ2v) is 6.75. The number of ether oxygens (including phenoxy) is 1. The number of hydrogen-bond acceptors (Lipinski definition) is 3. The molecule has 0 bridgehead atoms. The molecule has 3 aliphatic rings. The van der Waals surface area contributed by atoms with Crippen LogP contribution in [0, 0.1) is 5.92 Å². The molecule has 3 unspecified atom stereocenters. The fourth-order valence-electron chi connectivity index (χ4n) is 3.97. The third kappa shape index (κ3) is 2.52. The topological polar surface area (TPSA) is 41.6 Å². The molecule has 0 aromatic carbocycles. The Bertz CT molecular complexity index is 346. The SMILES string of the molecule is CC1NC(C2CCCC2)N(CC2(C)CCCO2)C1=O. The molecule has 0 radical (unpaired) electrons. The number of rotatable bonds is 3. The second kappa shape index (κ2) is 5.06. The Kier molecular flexibility index (Phi) is 3.56. The number of carbonyl (C=O) groups is 1. The van der Waals surface area contributed by atoms with E-state index in [9.17, 15) is 4.79 Å². The van der Waals surface area contributed by atoms with Crippen LogP contribution in [0.2, 0.25) is 0 Å². The highest BCUT2D eigenvalue weighted by Gasteiger charge is 2.45. The van der Waals surface area contributed by atoms with Crippen molar-refractivity contribution < 1.29 is 9.53 Å². The Morgan fingerprint density at radius 3 is 2.74 bits per heavy atom. The van der Waals surface area contributed by atoms with E-state index in [2.05, 4.69) is 17.1 Å². The molecule has 0 spiro atoms. The van der Waals surface area contributed by atoms with Crippen molar-refractivity contribution in [1.82, 2.24) is 10.2 Å². The number of amides is 1. The van der Waals surface area contributed by atoms with Crippen molar-refractivity contribution in [2.45, 2.75) is 70.2 Å². The van der Waals surface area contributed by atoms with Crippen LogP contribution < -0.4 is 5.32 Å². The molecule has 1 amide bonds. The summed E-state index contributed by atoms with van der Waals surface area (Å²) in [4.78, 5) is 14.5. The summed E-state index contributed by atoms with van der Waals surface area (Å²) in [5.41, 5.74) is -0.127. The van der Waals surface area contributed by atoms with Crippen molar-refractivity contribution in [2.24, 2.45) is 5.92 Å². The second-order valence-electron chi connectivity index (χ2n) is 6.75. The minimum absolute atomic E-state index is 0.0318. The van der Waals surface area contributed by atoms with Gasteiger partial charge in [-0.1, -0.05) is 12.8 Å². The van der Waals surface area contributed by atoms with Crippen molar-refractivity contribution in [3.63, 3.8) is 0 Å². The Morgan fingerprint density at radius 2 is 2.11 bits per heavy atom. The molecule has 19 heavy (non-hydrogen) atoms. The molecule has 3 atom stereocenters. The van der Waals surface area contributed by atoms with Gasteiger partial charge in [-0.3, -0.25) is 10.1 Å². The van der Waals surface area contributed by atoms with E-state index < -0.39 is 0 Å². The smallest absolute Gasteiger partial charge is 0.240 e. The third-order valence-corrected chi connectivity index (χ3v) is 5.06. The Labute approximate surface area is 115 Å². The highest BCUT2D eigenvalue weighted by atomic mass is 16.5. The van der Waals surface area contributed by atoms with Gasteiger partial charge in [-0.05, 0) is 45.4 Å². The van der Waals surface area contributed by atoms with Crippen LogP contribution in [0.25, 0.3) is 0 Å². The molecule has 1 aliphatic carbocycles. The lowest BCUT2D eigenvalue weighted by Crippen LogP contribution is -2.49. The highest BCUT2D eigenvalue weighted by molar-refractivity contribution is 5.84. The van der Waals surface area contributed by atoms with Gasteiger partial charge < -0.3 is 9.64 Å². The zero-order valence-corrected chi connectivity index (χ0v) is 12.2. The lowest BCUT2D eigenvalue weighted by molar-refractivity contribution is -0.134. The van der Waals surface area contributed by atoms with Gasteiger partial charge in [0.15, 0.2) is 0 Å². The van der Waals surface area contributed by atoms with Gasteiger partial charge in [-0.15, -0.1) is 0 Å². The predicted molar refractivity (Wildman–Crippen MR) is 73.6 cm³/mol. The molecule has 2 aliphatic heterocycles. The number of nitrogens with zero attached hydrogens (tertiary/aromatic N) is 1. The largest absolute Gasteiger partial charge is 0.373 e. The van der Waals surface area contributed by atoms with E-state index in [0.29, 0.717) is 5.92 Å². The Balaban J connectivity index is 1.73. The maximum absolute atomic E-state index is 12.4. The summed E-state index contributed by atoms with van der Waals surface area (Å²) in [5, 5.41) is 3.51. The molecule has 3 fully saturated rings. The van der Waals surface area contributed by atoms with Crippen LogP contribution in [0.3, 0.4) is 0 Å². The molecule has 3 rings (SSSR count). The monoisotopic (exact) mass is 266 g/mol. The van der Waals surface area contributed by atoms with E-state index in [1.54, 1.807) is 0 Å².